The minimum absolute atomic E-state index is 0.0235. The maximum absolute atomic E-state index is 13.2. The molecule has 2 amide bonds. The van der Waals surface area contributed by atoms with Crippen molar-refractivity contribution in [3.05, 3.63) is 18.2 Å². The molecule has 4 rings (SSSR count). The summed E-state index contributed by atoms with van der Waals surface area (Å²) in [7, 11) is -3.69. The van der Waals surface area contributed by atoms with E-state index in [1.807, 2.05) is 6.92 Å². The van der Waals surface area contributed by atoms with Gasteiger partial charge in [0.05, 0.1) is 24.0 Å². The van der Waals surface area contributed by atoms with Crippen molar-refractivity contribution in [1.82, 2.24) is 14.5 Å². The Balaban J connectivity index is 1.35. The summed E-state index contributed by atoms with van der Waals surface area (Å²) in [5, 5.41) is 2.93. The molecule has 9 nitrogen and oxygen atoms in total. The zero-order valence-corrected chi connectivity index (χ0v) is 20.6. The summed E-state index contributed by atoms with van der Waals surface area (Å²) in [6.07, 6.45) is 4.20. The van der Waals surface area contributed by atoms with Crippen LogP contribution in [0.5, 0.6) is 11.5 Å². The van der Waals surface area contributed by atoms with Gasteiger partial charge in [-0.05, 0) is 44.2 Å². The number of nitrogens with zero attached hydrogens (tertiary/aromatic N) is 2. The van der Waals surface area contributed by atoms with E-state index < -0.39 is 10.0 Å². The number of amides is 2. The van der Waals surface area contributed by atoms with E-state index in [-0.39, 0.29) is 28.5 Å². The number of rotatable bonds is 6. The number of ether oxygens (including phenoxy) is 2. The maximum atomic E-state index is 13.2. The molecule has 1 aromatic carbocycles. The Morgan fingerprint density at radius 2 is 1.74 bits per heavy atom. The van der Waals surface area contributed by atoms with Crippen LogP contribution in [0.2, 0.25) is 0 Å². The van der Waals surface area contributed by atoms with Crippen molar-refractivity contribution in [3.63, 3.8) is 0 Å². The molecule has 1 aromatic rings. The van der Waals surface area contributed by atoms with Gasteiger partial charge in [0.25, 0.3) is 0 Å². The molecule has 3 heterocycles. The summed E-state index contributed by atoms with van der Waals surface area (Å²) in [6.45, 7) is 5.39. The molecule has 0 aliphatic carbocycles. The van der Waals surface area contributed by atoms with Crippen LogP contribution in [0.25, 0.3) is 0 Å². The number of fused-ring (bicyclic) bond motifs is 1. The van der Waals surface area contributed by atoms with Crippen molar-refractivity contribution >= 4 is 21.8 Å². The number of hydrogen-bond donors (Lipinski definition) is 1. The van der Waals surface area contributed by atoms with Crippen LogP contribution in [0.4, 0.5) is 0 Å². The zero-order valence-electron chi connectivity index (χ0n) is 19.8. The van der Waals surface area contributed by atoms with Gasteiger partial charge < -0.3 is 19.7 Å². The van der Waals surface area contributed by atoms with E-state index in [4.69, 9.17) is 9.47 Å². The fourth-order valence-corrected chi connectivity index (χ4v) is 6.32. The third-order valence-corrected chi connectivity index (χ3v) is 8.71. The molecule has 0 aromatic heterocycles. The van der Waals surface area contributed by atoms with E-state index in [1.54, 1.807) is 17.0 Å². The molecule has 2 saturated heterocycles. The van der Waals surface area contributed by atoms with Crippen LogP contribution in [0, 0.1) is 11.8 Å². The van der Waals surface area contributed by atoms with Crippen LogP contribution < -0.4 is 14.8 Å². The molecular weight excluding hydrogens is 458 g/mol. The lowest BCUT2D eigenvalue weighted by Gasteiger charge is -2.37. The fraction of sp³-hybridized carbons (Fsp3) is 0.667. The minimum Gasteiger partial charge on any atom is -0.490 e. The number of carbonyl (C=O) groups is 2. The van der Waals surface area contributed by atoms with Crippen LogP contribution in [0.3, 0.4) is 0 Å². The highest BCUT2D eigenvalue weighted by molar-refractivity contribution is 7.89. The second-order valence-electron chi connectivity index (χ2n) is 9.25. The SMILES string of the molecule is CCCNC(=O)C1CCCN(C(=O)C2CCN(S(=O)(=O)c3ccc4c(c3)OCCCO4)CC2)C1. The lowest BCUT2D eigenvalue weighted by Crippen LogP contribution is -2.49. The van der Waals surface area contributed by atoms with Gasteiger partial charge in [-0.15, -0.1) is 0 Å². The van der Waals surface area contributed by atoms with Crippen molar-refractivity contribution in [2.75, 3.05) is 45.9 Å². The smallest absolute Gasteiger partial charge is 0.243 e. The normalized spacial score (nSPS) is 22.1. The van der Waals surface area contributed by atoms with E-state index >= 15 is 0 Å². The van der Waals surface area contributed by atoms with Gasteiger partial charge in [-0.25, -0.2) is 8.42 Å². The molecule has 188 valence electrons. The molecule has 0 bridgehead atoms. The first-order valence-corrected chi connectivity index (χ1v) is 13.8. The molecule has 1 unspecified atom stereocenters. The average Bonchev–Trinajstić information content (AvgIpc) is 3.12. The topological polar surface area (TPSA) is 105 Å². The molecule has 34 heavy (non-hydrogen) atoms. The van der Waals surface area contributed by atoms with Crippen LogP contribution in [-0.4, -0.2) is 75.4 Å². The Hall–Kier alpha value is -2.33. The largest absolute Gasteiger partial charge is 0.490 e. The Bertz CT molecular complexity index is 990. The van der Waals surface area contributed by atoms with Gasteiger partial charge in [0.1, 0.15) is 0 Å². The molecule has 2 fully saturated rings. The Labute approximate surface area is 201 Å². The highest BCUT2D eigenvalue weighted by Crippen LogP contribution is 2.34. The number of likely N-dealkylation sites (tertiary alicyclic amines) is 1. The predicted octanol–water partition coefficient (Wildman–Crippen LogP) is 2.01. The first-order chi connectivity index (χ1) is 16.4. The second kappa shape index (κ2) is 10.9. The molecule has 0 spiro atoms. The van der Waals surface area contributed by atoms with Crippen LogP contribution in [0.1, 0.15) is 45.4 Å². The molecular formula is C24H35N3O6S. The summed E-state index contributed by atoms with van der Waals surface area (Å²) < 4.78 is 39.2. The summed E-state index contributed by atoms with van der Waals surface area (Å²) in [4.78, 5) is 27.5. The summed E-state index contributed by atoms with van der Waals surface area (Å²) in [6, 6.07) is 4.73. The molecule has 0 saturated carbocycles. The maximum Gasteiger partial charge on any atom is 0.243 e. The number of piperidine rings is 2. The first kappa shape index (κ1) is 24.8. The van der Waals surface area contributed by atoms with E-state index in [9.17, 15) is 18.0 Å². The van der Waals surface area contributed by atoms with Gasteiger partial charge >= 0.3 is 0 Å². The van der Waals surface area contributed by atoms with Gasteiger partial charge in [-0.3, -0.25) is 9.59 Å². The standard InChI is InChI=1S/C24H35N3O6S/c1-2-10-25-23(28)19-5-3-11-26(17-19)24(29)18-8-12-27(13-9-18)34(30,31)20-6-7-21-22(16-20)33-15-4-14-32-21/h6-7,16,18-19H,2-5,8-15,17H2,1H3,(H,25,28). The van der Waals surface area contributed by atoms with E-state index in [1.165, 1.54) is 10.4 Å². The van der Waals surface area contributed by atoms with Crippen LogP contribution >= 0.6 is 0 Å². The molecule has 1 N–H and O–H groups in total. The lowest BCUT2D eigenvalue weighted by atomic mass is 9.92. The van der Waals surface area contributed by atoms with Gasteiger partial charge in [-0.1, -0.05) is 6.92 Å². The van der Waals surface area contributed by atoms with Crippen LogP contribution in [0.15, 0.2) is 23.1 Å². The van der Waals surface area contributed by atoms with Gasteiger partial charge in [-0.2, -0.15) is 4.31 Å². The van der Waals surface area contributed by atoms with Crippen molar-refractivity contribution < 1.29 is 27.5 Å². The van der Waals surface area contributed by atoms with E-state index in [2.05, 4.69) is 5.32 Å². The summed E-state index contributed by atoms with van der Waals surface area (Å²) in [5.41, 5.74) is 0. The minimum atomic E-state index is -3.69. The van der Waals surface area contributed by atoms with Gasteiger partial charge in [0, 0.05) is 51.1 Å². The molecule has 3 aliphatic heterocycles. The number of hydrogen-bond acceptors (Lipinski definition) is 6. The van der Waals surface area contributed by atoms with Crippen molar-refractivity contribution in [2.24, 2.45) is 11.8 Å². The molecule has 1 atom stereocenters. The Kier molecular flexibility index (Phi) is 7.98. The quantitative estimate of drug-likeness (QED) is 0.650. The van der Waals surface area contributed by atoms with Gasteiger partial charge in [0.15, 0.2) is 11.5 Å². The van der Waals surface area contributed by atoms with Crippen molar-refractivity contribution in [1.29, 1.82) is 0 Å². The number of carbonyl (C=O) groups excluding carboxylic acids is 2. The number of benzene rings is 1. The van der Waals surface area contributed by atoms with Crippen molar-refractivity contribution in [2.45, 2.75) is 50.3 Å². The molecule has 3 aliphatic rings. The summed E-state index contributed by atoms with van der Waals surface area (Å²) >= 11 is 0. The molecule has 0 radical (unpaired) electrons. The zero-order chi connectivity index (χ0) is 24.1. The van der Waals surface area contributed by atoms with E-state index in [0.717, 1.165) is 25.7 Å². The van der Waals surface area contributed by atoms with E-state index in [0.29, 0.717) is 70.3 Å². The van der Waals surface area contributed by atoms with Gasteiger partial charge in [0.2, 0.25) is 21.8 Å². The second-order valence-corrected chi connectivity index (χ2v) is 11.2. The first-order valence-electron chi connectivity index (χ1n) is 12.4. The van der Waals surface area contributed by atoms with Crippen molar-refractivity contribution in [3.8, 4) is 11.5 Å². The third-order valence-electron chi connectivity index (χ3n) is 6.81. The monoisotopic (exact) mass is 493 g/mol. The Morgan fingerprint density at radius 3 is 2.47 bits per heavy atom. The predicted molar refractivity (Wildman–Crippen MR) is 126 cm³/mol. The summed E-state index contributed by atoms with van der Waals surface area (Å²) in [5.74, 6) is 0.697. The van der Waals surface area contributed by atoms with Crippen LogP contribution in [-0.2, 0) is 19.6 Å². The third kappa shape index (κ3) is 5.49. The number of sulfonamides is 1. The molecule has 10 heteroatoms. The fourth-order valence-electron chi connectivity index (χ4n) is 4.84. The highest BCUT2D eigenvalue weighted by atomic mass is 32.2. The number of nitrogens with one attached hydrogen (secondary N) is 1. The average molecular weight is 494 g/mol. The lowest BCUT2D eigenvalue weighted by molar-refractivity contribution is -0.140. The Morgan fingerprint density at radius 1 is 1.00 bits per heavy atom. The highest BCUT2D eigenvalue weighted by Gasteiger charge is 2.36.